The summed E-state index contributed by atoms with van der Waals surface area (Å²) >= 11 is 4.92. The SMILES string of the molecule is CCS(=O)CC(=O)Cl. The van der Waals surface area contributed by atoms with Crippen LogP contribution >= 0.6 is 11.6 Å². The molecule has 48 valence electrons. The molecule has 0 amide bonds. The van der Waals surface area contributed by atoms with Crippen LogP contribution in [0.3, 0.4) is 0 Å². The van der Waals surface area contributed by atoms with E-state index in [2.05, 4.69) is 0 Å². The van der Waals surface area contributed by atoms with Gasteiger partial charge in [-0.3, -0.25) is 9.00 Å². The smallest absolute Gasteiger partial charge is 0.234 e. The van der Waals surface area contributed by atoms with E-state index >= 15 is 0 Å². The zero-order valence-electron chi connectivity index (χ0n) is 4.52. The summed E-state index contributed by atoms with van der Waals surface area (Å²) in [5.74, 6) is 0.483. The van der Waals surface area contributed by atoms with Gasteiger partial charge in [0.05, 0.1) is 5.75 Å². The minimum absolute atomic E-state index is 0.0158. The molecule has 0 radical (unpaired) electrons. The Bertz CT molecular complexity index is 113. The van der Waals surface area contributed by atoms with Crippen LogP contribution in [0.1, 0.15) is 6.92 Å². The van der Waals surface area contributed by atoms with E-state index < -0.39 is 16.0 Å². The molecule has 4 heteroatoms. The molecule has 0 saturated heterocycles. The fourth-order valence-corrected chi connectivity index (χ4v) is 1.05. The Morgan fingerprint density at radius 3 is 2.38 bits per heavy atom. The fourth-order valence-electron chi connectivity index (χ4n) is 0.229. The molecule has 8 heavy (non-hydrogen) atoms. The molecule has 0 aromatic heterocycles. The molecule has 0 aromatic rings. The Labute approximate surface area is 55.7 Å². The van der Waals surface area contributed by atoms with Gasteiger partial charge >= 0.3 is 0 Å². The lowest BCUT2D eigenvalue weighted by Crippen LogP contribution is -2.05. The van der Waals surface area contributed by atoms with Gasteiger partial charge in [0.2, 0.25) is 5.24 Å². The van der Waals surface area contributed by atoms with Crippen LogP contribution in [0.4, 0.5) is 0 Å². The topological polar surface area (TPSA) is 34.1 Å². The monoisotopic (exact) mass is 154 g/mol. The first-order chi connectivity index (χ1) is 3.66. The third kappa shape index (κ3) is 4.27. The lowest BCUT2D eigenvalue weighted by atomic mass is 10.9. The van der Waals surface area contributed by atoms with E-state index in [4.69, 9.17) is 11.6 Å². The summed E-state index contributed by atoms with van der Waals surface area (Å²) in [6.45, 7) is 1.75. The van der Waals surface area contributed by atoms with Crippen molar-refractivity contribution in [1.29, 1.82) is 0 Å². The van der Waals surface area contributed by atoms with Crippen molar-refractivity contribution < 1.29 is 9.00 Å². The Balaban J connectivity index is 3.40. The average molecular weight is 155 g/mol. The second kappa shape index (κ2) is 4.04. The van der Waals surface area contributed by atoms with Gasteiger partial charge in [0, 0.05) is 16.6 Å². The first-order valence-corrected chi connectivity index (χ1v) is 4.06. The highest BCUT2D eigenvalue weighted by Crippen LogP contribution is 1.85. The number of hydrogen-bond acceptors (Lipinski definition) is 2. The van der Waals surface area contributed by atoms with Gasteiger partial charge < -0.3 is 0 Å². The van der Waals surface area contributed by atoms with Crippen molar-refractivity contribution in [3.05, 3.63) is 0 Å². The summed E-state index contributed by atoms with van der Waals surface area (Å²) in [6.07, 6.45) is 0. The van der Waals surface area contributed by atoms with Gasteiger partial charge in [0.15, 0.2) is 0 Å². The number of hydrogen-bond donors (Lipinski definition) is 0. The Hall–Kier alpha value is 0.110. The predicted octanol–water partition coefficient (Wildman–Crippen LogP) is 0.520. The number of carbonyl (C=O) groups excluding carboxylic acids is 1. The van der Waals surface area contributed by atoms with E-state index in [0.29, 0.717) is 5.75 Å². The molecule has 0 N–H and O–H groups in total. The van der Waals surface area contributed by atoms with Crippen LogP contribution in [0, 0.1) is 0 Å². The fraction of sp³-hybridized carbons (Fsp3) is 0.750. The highest BCUT2D eigenvalue weighted by molar-refractivity contribution is 7.85. The lowest BCUT2D eigenvalue weighted by molar-refractivity contribution is -0.109. The first kappa shape index (κ1) is 8.11. The maximum atomic E-state index is 10.4. The molecular formula is C4H7ClO2S. The van der Waals surface area contributed by atoms with Crippen molar-refractivity contribution in [2.75, 3.05) is 11.5 Å². The molecule has 0 bridgehead atoms. The normalized spacial score (nSPS) is 13.2. The molecule has 0 fully saturated rings. The molecule has 0 saturated carbocycles. The van der Waals surface area contributed by atoms with Gasteiger partial charge in [-0.25, -0.2) is 0 Å². The molecule has 1 unspecified atom stereocenters. The van der Waals surface area contributed by atoms with E-state index in [1.54, 1.807) is 6.92 Å². The molecule has 1 atom stereocenters. The molecule has 0 aromatic carbocycles. The maximum Gasteiger partial charge on any atom is 0.234 e. The average Bonchev–Trinajstić information content (AvgIpc) is 1.65. The van der Waals surface area contributed by atoms with Crippen molar-refractivity contribution >= 4 is 27.6 Å². The van der Waals surface area contributed by atoms with Gasteiger partial charge in [0.1, 0.15) is 0 Å². The van der Waals surface area contributed by atoms with Gasteiger partial charge in [0.25, 0.3) is 0 Å². The second-order valence-electron chi connectivity index (χ2n) is 1.23. The van der Waals surface area contributed by atoms with E-state index in [-0.39, 0.29) is 5.75 Å². The van der Waals surface area contributed by atoms with Gasteiger partial charge in [-0.1, -0.05) is 6.92 Å². The molecule has 0 aliphatic rings. The Morgan fingerprint density at radius 2 is 2.25 bits per heavy atom. The van der Waals surface area contributed by atoms with Crippen molar-refractivity contribution in [2.24, 2.45) is 0 Å². The second-order valence-corrected chi connectivity index (χ2v) is 3.40. The minimum atomic E-state index is -1.04. The molecule has 0 heterocycles. The Kier molecular flexibility index (Phi) is 4.09. The molecule has 2 nitrogen and oxygen atoms in total. The summed E-state index contributed by atoms with van der Waals surface area (Å²) in [5.41, 5.74) is 0. The van der Waals surface area contributed by atoms with Crippen molar-refractivity contribution in [3.63, 3.8) is 0 Å². The van der Waals surface area contributed by atoms with Crippen molar-refractivity contribution in [1.82, 2.24) is 0 Å². The van der Waals surface area contributed by atoms with Crippen LogP contribution in [0.5, 0.6) is 0 Å². The highest BCUT2D eigenvalue weighted by atomic mass is 35.5. The van der Waals surface area contributed by atoms with Gasteiger partial charge in [-0.15, -0.1) is 0 Å². The van der Waals surface area contributed by atoms with Crippen LogP contribution in [-0.2, 0) is 15.6 Å². The van der Waals surface area contributed by atoms with Crippen LogP contribution < -0.4 is 0 Å². The van der Waals surface area contributed by atoms with Crippen LogP contribution in [-0.4, -0.2) is 21.0 Å². The van der Waals surface area contributed by atoms with Crippen LogP contribution in [0.15, 0.2) is 0 Å². The maximum absolute atomic E-state index is 10.4. The number of rotatable bonds is 3. The molecule has 0 rings (SSSR count). The molecule has 0 spiro atoms. The summed E-state index contributed by atoms with van der Waals surface area (Å²) < 4.78 is 10.4. The largest absolute Gasteiger partial charge is 0.280 e. The third-order valence-corrected chi connectivity index (χ3v) is 2.12. The Morgan fingerprint density at radius 1 is 1.75 bits per heavy atom. The summed E-state index contributed by atoms with van der Waals surface area (Å²) in [6, 6.07) is 0. The summed E-state index contributed by atoms with van der Waals surface area (Å²) in [5, 5.41) is -0.523. The predicted molar refractivity (Wildman–Crippen MR) is 34.4 cm³/mol. The van der Waals surface area contributed by atoms with E-state index in [1.165, 1.54) is 0 Å². The molecular weight excluding hydrogens is 148 g/mol. The standard InChI is InChI=1S/C4H7ClO2S/c1-2-8(7)3-4(5)6/h2-3H2,1H3. The van der Waals surface area contributed by atoms with E-state index in [1.807, 2.05) is 0 Å². The quantitative estimate of drug-likeness (QED) is 0.556. The third-order valence-electron chi connectivity index (χ3n) is 0.596. The first-order valence-electron chi connectivity index (χ1n) is 2.20. The van der Waals surface area contributed by atoms with Crippen LogP contribution in [0.25, 0.3) is 0 Å². The van der Waals surface area contributed by atoms with Crippen LogP contribution in [0.2, 0.25) is 0 Å². The van der Waals surface area contributed by atoms with Crippen molar-refractivity contribution in [3.8, 4) is 0 Å². The van der Waals surface area contributed by atoms with Crippen molar-refractivity contribution in [2.45, 2.75) is 6.92 Å². The zero-order chi connectivity index (χ0) is 6.57. The lowest BCUT2D eigenvalue weighted by Gasteiger charge is -1.87. The summed E-state index contributed by atoms with van der Waals surface area (Å²) in [4.78, 5) is 9.99. The molecule has 0 aliphatic carbocycles. The zero-order valence-corrected chi connectivity index (χ0v) is 6.09. The summed E-state index contributed by atoms with van der Waals surface area (Å²) in [7, 11) is -1.04. The van der Waals surface area contributed by atoms with E-state index in [0.717, 1.165) is 0 Å². The van der Waals surface area contributed by atoms with Gasteiger partial charge in [-0.05, 0) is 11.6 Å². The van der Waals surface area contributed by atoms with Gasteiger partial charge in [-0.2, -0.15) is 0 Å². The number of halogens is 1. The minimum Gasteiger partial charge on any atom is -0.280 e. The molecule has 0 aliphatic heterocycles. The number of carbonyl (C=O) groups is 1. The highest BCUT2D eigenvalue weighted by Gasteiger charge is 2.00. The van der Waals surface area contributed by atoms with E-state index in [9.17, 15) is 9.00 Å².